The summed E-state index contributed by atoms with van der Waals surface area (Å²) in [6.45, 7) is 3.32. The number of thioether (sulfide) groups is 1. The number of fused-ring (bicyclic) bond motifs is 1. The fourth-order valence-electron chi connectivity index (χ4n) is 3.09. The molecular weight excluding hydrogens is 434 g/mol. The highest BCUT2D eigenvalue weighted by atomic mass is 79.9. The Labute approximate surface area is 177 Å². The van der Waals surface area contributed by atoms with E-state index in [0.717, 1.165) is 33.5 Å². The first-order chi connectivity index (χ1) is 13.7. The van der Waals surface area contributed by atoms with Crippen LogP contribution in [-0.4, -0.2) is 14.8 Å². The molecule has 0 radical (unpaired) electrons. The van der Waals surface area contributed by atoms with Gasteiger partial charge >= 0.3 is 0 Å². The summed E-state index contributed by atoms with van der Waals surface area (Å²) in [6, 6.07) is 22.7. The van der Waals surface area contributed by atoms with Gasteiger partial charge in [0.25, 0.3) is 0 Å². The normalized spacial score (nSPS) is 11.1. The molecule has 0 aliphatic heterocycles. The number of nitrogens with zero attached hydrogens (tertiary/aromatic N) is 3. The average Bonchev–Trinajstić information content (AvgIpc) is 3.13. The third-order valence-corrected chi connectivity index (χ3v) is 6.07. The van der Waals surface area contributed by atoms with E-state index in [2.05, 4.69) is 80.1 Å². The Morgan fingerprint density at radius 1 is 0.964 bits per heavy atom. The average molecular weight is 454 g/mol. The van der Waals surface area contributed by atoms with Crippen molar-refractivity contribution in [2.24, 2.45) is 0 Å². The van der Waals surface area contributed by atoms with Crippen LogP contribution in [0.2, 0.25) is 0 Å². The maximum atomic E-state index is 5.87. The second-order valence-corrected chi connectivity index (χ2v) is 8.17. The SMILES string of the molecule is CCn1c(COc2ccc(Br)cc2)nnc1SCc1cccc2ccccc12. The van der Waals surface area contributed by atoms with E-state index in [0.29, 0.717) is 6.61 Å². The van der Waals surface area contributed by atoms with Gasteiger partial charge in [-0.2, -0.15) is 0 Å². The van der Waals surface area contributed by atoms with Crippen LogP contribution in [0.15, 0.2) is 76.4 Å². The second-order valence-electron chi connectivity index (χ2n) is 6.31. The van der Waals surface area contributed by atoms with E-state index in [4.69, 9.17) is 4.74 Å². The maximum absolute atomic E-state index is 5.87. The minimum Gasteiger partial charge on any atom is -0.486 e. The van der Waals surface area contributed by atoms with Gasteiger partial charge in [0.15, 0.2) is 11.0 Å². The first kappa shape index (κ1) is 19.0. The van der Waals surface area contributed by atoms with E-state index in [-0.39, 0.29) is 0 Å². The van der Waals surface area contributed by atoms with E-state index in [1.165, 1.54) is 16.3 Å². The van der Waals surface area contributed by atoms with Crippen LogP contribution in [0.25, 0.3) is 10.8 Å². The molecule has 0 amide bonds. The summed E-state index contributed by atoms with van der Waals surface area (Å²) in [5.74, 6) is 2.51. The van der Waals surface area contributed by atoms with E-state index in [1.54, 1.807) is 11.8 Å². The molecule has 0 aliphatic rings. The Bertz CT molecular complexity index is 1070. The fourth-order valence-corrected chi connectivity index (χ4v) is 4.38. The molecule has 4 nitrogen and oxygen atoms in total. The Kier molecular flexibility index (Phi) is 5.98. The van der Waals surface area contributed by atoms with Gasteiger partial charge in [-0.25, -0.2) is 0 Å². The number of hydrogen-bond acceptors (Lipinski definition) is 4. The fraction of sp³-hybridized carbons (Fsp3) is 0.182. The van der Waals surface area contributed by atoms with E-state index < -0.39 is 0 Å². The van der Waals surface area contributed by atoms with Gasteiger partial charge in [-0.05, 0) is 47.5 Å². The number of ether oxygens (including phenoxy) is 1. The van der Waals surface area contributed by atoms with Crippen LogP contribution in [0.5, 0.6) is 5.75 Å². The van der Waals surface area contributed by atoms with Crippen molar-refractivity contribution in [3.8, 4) is 5.75 Å². The van der Waals surface area contributed by atoms with Gasteiger partial charge in [-0.3, -0.25) is 0 Å². The zero-order valence-electron chi connectivity index (χ0n) is 15.5. The minimum absolute atomic E-state index is 0.400. The van der Waals surface area contributed by atoms with Crippen LogP contribution >= 0.6 is 27.7 Å². The monoisotopic (exact) mass is 453 g/mol. The van der Waals surface area contributed by atoms with Gasteiger partial charge in [0.05, 0.1) is 0 Å². The predicted octanol–water partition coefficient (Wildman–Crippen LogP) is 6.09. The maximum Gasteiger partial charge on any atom is 0.191 e. The Morgan fingerprint density at radius 2 is 1.75 bits per heavy atom. The highest BCUT2D eigenvalue weighted by Gasteiger charge is 2.13. The van der Waals surface area contributed by atoms with E-state index >= 15 is 0 Å². The lowest BCUT2D eigenvalue weighted by atomic mass is 10.1. The zero-order valence-corrected chi connectivity index (χ0v) is 17.9. The lowest BCUT2D eigenvalue weighted by molar-refractivity contribution is 0.288. The van der Waals surface area contributed by atoms with Crippen molar-refractivity contribution in [3.63, 3.8) is 0 Å². The van der Waals surface area contributed by atoms with Crippen LogP contribution in [0, 0.1) is 0 Å². The Morgan fingerprint density at radius 3 is 2.57 bits per heavy atom. The largest absolute Gasteiger partial charge is 0.486 e. The summed E-state index contributed by atoms with van der Waals surface area (Å²) in [5.41, 5.74) is 1.31. The second kappa shape index (κ2) is 8.80. The van der Waals surface area contributed by atoms with Crippen molar-refractivity contribution in [3.05, 3.63) is 82.6 Å². The molecule has 0 aliphatic carbocycles. The summed E-state index contributed by atoms with van der Waals surface area (Å²) in [7, 11) is 0. The standard InChI is InChI=1S/C22H20BrN3OS/c1-2-26-21(14-27-19-12-10-18(23)11-13-19)24-25-22(26)28-15-17-8-5-7-16-6-3-4-9-20(16)17/h3-13H,2,14-15H2,1H3. The first-order valence-electron chi connectivity index (χ1n) is 9.14. The molecule has 0 N–H and O–H groups in total. The molecule has 0 fully saturated rings. The molecule has 28 heavy (non-hydrogen) atoms. The van der Waals surface area contributed by atoms with Crippen molar-refractivity contribution < 1.29 is 4.74 Å². The summed E-state index contributed by atoms with van der Waals surface area (Å²) in [6.07, 6.45) is 0. The molecular formula is C22H20BrN3OS. The molecule has 0 atom stereocenters. The molecule has 1 heterocycles. The van der Waals surface area contributed by atoms with Crippen LogP contribution < -0.4 is 4.74 Å². The lowest BCUT2D eigenvalue weighted by Gasteiger charge is -2.10. The summed E-state index contributed by atoms with van der Waals surface area (Å²) < 4.78 is 9.02. The molecule has 142 valence electrons. The van der Waals surface area contributed by atoms with E-state index in [1.807, 2.05) is 24.3 Å². The van der Waals surface area contributed by atoms with E-state index in [9.17, 15) is 0 Å². The lowest BCUT2D eigenvalue weighted by Crippen LogP contribution is -2.07. The van der Waals surface area contributed by atoms with Gasteiger partial charge in [0, 0.05) is 16.8 Å². The van der Waals surface area contributed by atoms with Crippen molar-refractivity contribution >= 4 is 38.5 Å². The molecule has 0 bridgehead atoms. The molecule has 6 heteroatoms. The Hall–Kier alpha value is -2.31. The molecule has 0 spiro atoms. The van der Waals surface area contributed by atoms with Crippen LogP contribution in [0.4, 0.5) is 0 Å². The van der Waals surface area contributed by atoms with Crippen molar-refractivity contribution in [2.75, 3.05) is 0 Å². The quantitative estimate of drug-likeness (QED) is 0.317. The van der Waals surface area contributed by atoms with Gasteiger partial charge in [0.2, 0.25) is 0 Å². The van der Waals surface area contributed by atoms with Gasteiger partial charge in [-0.15, -0.1) is 10.2 Å². The topological polar surface area (TPSA) is 39.9 Å². The number of rotatable bonds is 7. The molecule has 0 saturated heterocycles. The zero-order chi connectivity index (χ0) is 19.3. The summed E-state index contributed by atoms with van der Waals surface area (Å²) >= 11 is 5.15. The number of aromatic nitrogens is 3. The van der Waals surface area contributed by atoms with Gasteiger partial charge in [-0.1, -0.05) is 70.2 Å². The molecule has 1 aromatic heterocycles. The number of hydrogen-bond donors (Lipinski definition) is 0. The van der Waals surface area contributed by atoms with Crippen LogP contribution in [0.3, 0.4) is 0 Å². The smallest absolute Gasteiger partial charge is 0.191 e. The first-order valence-corrected chi connectivity index (χ1v) is 10.9. The summed E-state index contributed by atoms with van der Waals surface area (Å²) in [4.78, 5) is 0. The third kappa shape index (κ3) is 4.23. The molecule has 3 aromatic carbocycles. The van der Waals surface area contributed by atoms with Crippen molar-refractivity contribution in [2.45, 2.75) is 31.0 Å². The highest BCUT2D eigenvalue weighted by Crippen LogP contribution is 2.27. The van der Waals surface area contributed by atoms with Gasteiger partial charge < -0.3 is 9.30 Å². The van der Waals surface area contributed by atoms with Crippen LogP contribution in [-0.2, 0) is 18.9 Å². The predicted molar refractivity (Wildman–Crippen MR) is 118 cm³/mol. The van der Waals surface area contributed by atoms with Crippen LogP contribution in [0.1, 0.15) is 18.3 Å². The van der Waals surface area contributed by atoms with Gasteiger partial charge in [0.1, 0.15) is 12.4 Å². The summed E-state index contributed by atoms with van der Waals surface area (Å²) in [5, 5.41) is 12.2. The third-order valence-electron chi connectivity index (χ3n) is 4.53. The minimum atomic E-state index is 0.400. The number of benzene rings is 3. The Balaban J connectivity index is 1.47. The number of halogens is 1. The van der Waals surface area contributed by atoms with Crippen molar-refractivity contribution in [1.82, 2.24) is 14.8 Å². The molecule has 4 rings (SSSR count). The molecule has 0 unspecified atom stereocenters. The molecule has 0 saturated carbocycles. The molecule has 4 aromatic rings. The van der Waals surface area contributed by atoms with Crippen molar-refractivity contribution in [1.29, 1.82) is 0 Å². The highest BCUT2D eigenvalue weighted by molar-refractivity contribution is 9.10.